The standard InChI is InChI=1S/C12H16N2O5/c1-13-7-5-4-6(11(17)19-3)9(15)8(7)10(16)14(2)12(13)18/h6,9,15H,4-5H2,1-3H3/t6-,9+/m0/s1. The van der Waals surface area contributed by atoms with Gasteiger partial charge in [0.25, 0.3) is 5.56 Å². The summed E-state index contributed by atoms with van der Waals surface area (Å²) in [6.45, 7) is 0. The number of fused-ring (bicyclic) bond motifs is 1. The molecule has 0 saturated heterocycles. The van der Waals surface area contributed by atoms with Crippen molar-refractivity contribution in [3.8, 4) is 0 Å². The highest BCUT2D eigenvalue weighted by atomic mass is 16.5. The van der Waals surface area contributed by atoms with Gasteiger partial charge in [0, 0.05) is 19.8 Å². The number of hydrogen-bond donors (Lipinski definition) is 1. The quantitative estimate of drug-likeness (QED) is 0.650. The van der Waals surface area contributed by atoms with Crippen LogP contribution in [0.3, 0.4) is 0 Å². The lowest BCUT2D eigenvalue weighted by atomic mass is 9.84. The van der Waals surface area contributed by atoms with Crippen LogP contribution in [-0.2, 0) is 30.0 Å². The molecule has 0 fully saturated rings. The van der Waals surface area contributed by atoms with Gasteiger partial charge in [-0.05, 0) is 12.8 Å². The molecule has 0 unspecified atom stereocenters. The van der Waals surface area contributed by atoms with Crippen molar-refractivity contribution in [2.24, 2.45) is 20.0 Å². The summed E-state index contributed by atoms with van der Waals surface area (Å²) in [4.78, 5) is 35.5. The van der Waals surface area contributed by atoms with Crippen LogP contribution in [0.25, 0.3) is 0 Å². The van der Waals surface area contributed by atoms with Gasteiger partial charge in [-0.2, -0.15) is 0 Å². The number of esters is 1. The van der Waals surface area contributed by atoms with Crippen molar-refractivity contribution in [1.29, 1.82) is 0 Å². The first-order chi connectivity index (χ1) is 8.90. The van der Waals surface area contributed by atoms with Crippen molar-refractivity contribution in [3.63, 3.8) is 0 Å². The molecule has 2 atom stereocenters. The molecule has 1 aliphatic rings. The topological polar surface area (TPSA) is 90.5 Å². The molecule has 1 aliphatic carbocycles. The average Bonchev–Trinajstić information content (AvgIpc) is 2.41. The van der Waals surface area contributed by atoms with E-state index in [1.165, 1.54) is 18.7 Å². The Kier molecular flexibility index (Phi) is 3.32. The lowest BCUT2D eigenvalue weighted by Gasteiger charge is -2.28. The van der Waals surface area contributed by atoms with Gasteiger partial charge in [-0.1, -0.05) is 0 Å². The molecule has 2 rings (SSSR count). The van der Waals surface area contributed by atoms with Crippen LogP contribution in [0.1, 0.15) is 23.8 Å². The van der Waals surface area contributed by atoms with Crippen molar-refractivity contribution < 1.29 is 14.6 Å². The van der Waals surface area contributed by atoms with E-state index >= 15 is 0 Å². The normalized spacial score (nSPS) is 21.9. The molecule has 0 bridgehead atoms. The second-order valence-corrected chi connectivity index (χ2v) is 4.68. The number of rotatable bonds is 1. The Labute approximate surface area is 109 Å². The molecule has 19 heavy (non-hydrogen) atoms. The Morgan fingerprint density at radius 3 is 2.53 bits per heavy atom. The van der Waals surface area contributed by atoms with Crippen LogP contribution >= 0.6 is 0 Å². The number of carbonyl (C=O) groups excluding carboxylic acids is 1. The molecule has 7 heteroatoms. The molecule has 0 aliphatic heterocycles. The molecule has 1 aromatic heterocycles. The minimum atomic E-state index is -1.23. The van der Waals surface area contributed by atoms with Crippen LogP contribution in [-0.4, -0.2) is 27.3 Å². The van der Waals surface area contributed by atoms with E-state index in [2.05, 4.69) is 4.74 Å². The molecule has 0 amide bonds. The minimum absolute atomic E-state index is 0.117. The highest BCUT2D eigenvalue weighted by molar-refractivity contribution is 5.73. The van der Waals surface area contributed by atoms with Crippen LogP contribution in [0.2, 0.25) is 0 Å². The van der Waals surface area contributed by atoms with Gasteiger partial charge in [-0.25, -0.2) is 4.79 Å². The van der Waals surface area contributed by atoms with Gasteiger partial charge >= 0.3 is 11.7 Å². The van der Waals surface area contributed by atoms with Gasteiger partial charge in [-0.3, -0.25) is 14.2 Å². The van der Waals surface area contributed by atoms with E-state index in [4.69, 9.17) is 0 Å². The van der Waals surface area contributed by atoms with E-state index in [0.717, 1.165) is 4.57 Å². The molecule has 0 spiro atoms. The summed E-state index contributed by atoms with van der Waals surface area (Å²) in [5.74, 6) is -1.31. The number of nitrogens with zero attached hydrogens (tertiary/aromatic N) is 2. The fourth-order valence-corrected chi connectivity index (χ4v) is 2.56. The van der Waals surface area contributed by atoms with Gasteiger partial charge in [0.05, 0.1) is 24.7 Å². The maximum atomic E-state index is 12.1. The number of ether oxygens (including phenoxy) is 1. The van der Waals surface area contributed by atoms with Crippen molar-refractivity contribution in [2.45, 2.75) is 18.9 Å². The molecule has 1 heterocycles. The lowest BCUT2D eigenvalue weighted by molar-refractivity contribution is -0.150. The predicted molar refractivity (Wildman–Crippen MR) is 65.7 cm³/mol. The maximum absolute atomic E-state index is 12.1. The van der Waals surface area contributed by atoms with Crippen LogP contribution in [0.4, 0.5) is 0 Å². The minimum Gasteiger partial charge on any atom is -0.469 e. The molecule has 0 radical (unpaired) electrons. The molecule has 104 valence electrons. The number of carbonyl (C=O) groups is 1. The van der Waals surface area contributed by atoms with E-state index in [1.54, 1.807) is 7.05 Å². The lowest BCUT2D eigenvalue weighted by Crippen LogP contribution is -2.45. The van der Waals surface area contributed by atoms with Gasteiger partial charge in [-0.15, -0.1) is 0 Å². The fourth-order valence-electron chi connectivity index (χ4n) is 2.56. The third-order valence-corrected chi connectivity index (χ3v) is 3.70. The first-order valence-electron chi connectivity index (χ1n) is 5.94. The Hall–Kier alpha value is -1.89. The average molecular weight is 268 g/mol. The second kappa shape index (κ2) is 4.65. The van der Waals surface area contributed by atoms with E-state index in [1.807, 2.05) is 0 Å². The highest BCUT2D eigenvalue weighted by Crippen LogP contribution is 2.32. The molecule has 0 saturated carbocycles. The summed E-state index contributed by atoms with van der Waals surface area (Å²) in [5, 5.41) is 10.2. The smallest absolute Gasteiger partial charge is 0.330 e. The Morgan fingerprint density at radius 2 is 1.95 bits per heavy atom. The molecule has 1 N–H and O–H groups in total. The Balaban J connectivity index is 2.65. The zero-order valence-corrected chi connectivity index (χ0v) is 11.0. The second-order valence-electron chi connectivity index (χ2n) is 4.68. The van der Waals surface area contributed by atoms with Gasteiger partial charge in [0.15, 0.2) is 0 Å². The zero-order chi connectivity index (χ0) is 14.3. The predicted octanol–water partition coefficient (Wildman–Crippen LogP) is -1.15. The molecular weight excluding hydrogens is 252 g/mol. The number of aliphatic hydroxyl groups excluding tert-OH is 1. The summed E-state index contributed by atoms with van der Waals surface area (Å²) in [6, 6.07) is 0. The molecule has 0 aromatic carbocycles. The van der Waals surface area contributed by atoms with Crippen molar-refractivity contribution in [2.75, 3.05) is 7.11 Å². The third-order valence-electron chi connectivity index (χ3n) is 3.70. The highest BCUT2D eigenvalue weighted by Gasteiger charge is 2.37. The molecule has 7 nitrogen and oxygen atoms in total. The first kappa shape index (κ1) is 13.5. The third kappa shape index (κ3) is 1.90. The maximum Gasteiger partial charge on any atom is 0.330 e. The zero-order valence-electron chi connectivity index (χ0n) is 11.0. The van der Waals surface area contributed by atoms with Crippen LogP contribution in [0.15, 0.2) is 9.59 Å². The van der Waals surface area contributed by atoms with Crippen LogP contribution in [0.5, 0.6) is 0 Å². The number of hydrogen-bond acceptors (Lipinski definition) is 5. The fraction of sp³-hybridized carbons (Fsp3) is 0.583. The van der Waals surface area contributed by atoms with E-state index in [-0.39, 0.29) is 5.56 Å². The number of aliphatic hydroxyl groups is 1. The summed E-state index contributed by atoms with van der Waals surface area (Å²) in [6.07, 6.45) is -0.503. The SMILES string of the molecule is COC(=O)[C@H]1CCc2c(c(=O)n(C)c(=O)n2C)[C@@H]1O. The number of methoxy groups -OCH3 is 1. The van der Waals surface area contributed by atoms with Gasteiger partial charge in [0.2, 0.25) is 0 Å². The summed E-state index contributed by atoms with van der Waals surface area (Å²) >= 11 is 0. The molecular formula is C12H16N2O5. The van der Waals surface area contributed by atoms with Crippen LogP contribution < -0.4 is 11.2 Å². The largest absolute Gasteiger partial charge is 0.469 e. The van der Waals surface area contributed by atoms with E-state index in [0.29, 0.717) is 18.5 Å². The number of aromatic nitrogens is 2. The summed E-state index contributed by atoms with van der Waals surface area (Å²) in [5.41, 5.74) is -0.390. The first-order valence-corrected chi connectivity index (χ1v) is 5.94. The Bertz CT molecular complexity index is 643. The van der Waals surface area contributed by atoms with Crippen molar-refractivity contribution >= 4 is 5.97 Å². The van der Waals surface area contributed by atoms with E-state index in [9.17, 15) is 19.5 Å². The summed E-state index contributed by atoms with van der Waals surface area (Å²) in [7, 11) is 4.13. The molecule has 1 aromatic rings. The monoisotopic (exact) mass is 268 g/mol. The van der Waals surface area contributed by atoms with E-state index < -0.39 is 29.2 Å². The Morgan fingerprint density at radius 1 is 1.32 bits per heavy atom. The van der Waals surface area contributed by atoms with Crippen LogP contribution in [0, 0.1) is 5.92 Å². The van der Waals surface area contributed by atoms with Crippen molar-refractivity contribution in [1.82, 2.24) is 9.13 Å². The summed E-state index contributed by atoms with van der Waals surface area (Å²) < 4.78 is 6.90. The van der Waals surface area contributed by atoms with Gasteiger partial charge in [0.1, 0.15) is 0 Å². The van der Waals surface area contributed by atoms with Crippen molar-refractivity contribution in [3.05, 3.63) is 32.1 Å². The van der Waals surface area contributed by atoms with Gasteiger partial charge < -0.3 is 14.4 Å².